The van der Waals surface area contributed by atoms with E-state index in [0.717, 1.165) is 35.3 Å². The summed E-state index contributed by atoms with van der Waals surface area (Å²) in [6.45, 7) is 1.94. The van der Waals surface area contributed by atoms with E-state index in [1.807, 2.05) is 30.3 Å². The normalized spacial score (nSPS) is 23.8. The lowest BCUT2D eigenvalue weighted by atomic mass is 9.97. The number of rotatable bonds is 6. The Balaban J connectivity index is 1.50. The molecule has 1 heterocycles. The molecule has 0 saturated heterocycles. The van der Waals surface area contributed by atoms with E-state index >= 15 is 0 Å². The van der Waals surface area contributed by atoms with Crippen LogP contribution >= 0.6 is 22.9 Å². The lowest BCUT2D eigenvalue weighted by molar-refractivity contribution is -0.147. The van der Waals surface area contributed by atoms with Gasteiger partial charge in [-0.15, -0.1) is 11.3 Å². The van der Waals surface area contributed by atoms with Crippen LogP contribution in [0.5, 0.6) is 0 Å². The SMILES string of the molecule is CCOC(=O)[C@]1(NS(=O)(=O)c2ccc(-c3ccc(Cl)cc3)s2)[C@@H]2c3ccccc3CCC[C@@H]21. The third-order valence-corrected chi connectivity index (χ3v) is 9.97. The molecule has 0 amide bonds. The fourth-order valence-corrected chi connectivity index (χ4v) is 7.97. The van der Waals surface area contributed by atoms with Crippen molar-refractivity contribution in [2.45, 2.75) is 41.9 Å². The van der Waals surface area contributed by atoms with Crippen molar-refractivity contribution in [3.05, 3.63) is 76.8 Å². The first-order chi connectivity index (χ1) is 15.9. The zero-order valence-corrected chi connectivity index (χ0v) is 20.5. The van der Waals surface area contributed by atoms with Gasteiger partial charge in [0.25, 0.3) is 10.0 Å². The summed E-state index contributed by atoms with van der Waals surface area (Å²) in [7, 11) is -3.95. The molecule has 2 aliphatic carbocycles. The van der Waals surface area contributed by atoms with Gasteiger partial charge in [0.15, 0.2) is 0 Å². The standard InChI is InChI=1S/C25H24ClNO4S2/c1-2-31-24(28)25(20-9-5-7-16-6-3-4-8-19(16)23(20)25)27-33(29,30)22-15-14-21(32-22)17-10-12-18(26)13-11-17/h3-4,6,8,10-15,20,23,27H,2,5,7,9H2,1H3/t20-,23+,25+/m0/s1. The minimum atomic E-state index is -3.95. The van der Waals surface area contributed by atoms with Crippen LogP contribution in [0.3, 0.4) is 0 Å². The Labute approximate surface area is 202 Å². The largest absolute Gasteiger partial charge is 0.465 e. The molecule has 2 aromatic carbocycles. The molecule has 1 fully saturated rings. The topological polar surface area (TPSA) is 72.5 Å². The molecule has 0 spiro atoms. The van der Waals surface area contributed by atoms with Gasteiger partial charge in [-0.3, -0.25) is 0 Å². The van der Waals surface area contributed by atoms with Gasteiger partial charge in [0.2, 0.25) is 0 Å². The fourth-order valence-electron chi connectivity index (χ4n) is 5.11. The Kier molecular flexibility index (Phi) is 5.85. The second kappa shape index (κ2) is 8.55. The molecule has 2 aliphatic rings. The smallest absolute Gasteiger partial charge is 0.328 e. The highest BCUT2D eigenvalue weighted by Gasteiger charge is 2.72. The molecule has 8 heteroatoms. The maximum absolute atomic E-state index is 13.5. The zero-order chi connectivity index (χ0) is 23.2. The number of aryl methyl sites for hydroxylation is 1. The molecule has 1 aromatic heterocycles. The first-order valence-corrected chi connectivity index (χ1v) is 13.7. The highest BCUT2D eigenvalue weighted by Crippen LogP contribution is 2.63. The quantitative estimate of drug-likeness (QED) is 0.459. The van der Waals surface area contributed by atoms with Crippen LogP contribution in [0, 0.1) is 5.92 Å². The third-order valence-electron chi connectivity index (χ3n) is 6.61. The monoisotopic (exact) mass is 501 g/mol. The van der Waals surface area contributed by atoms with Crippen LogP contribution in [0.15, 0.2) is 64.9 Å². The van der Waals surface area contributed by atoms with E-state index in [-0.39, 0.29) is 22.7 Å². The minimum absolute atomic E-state index is 0.120. The van der Waals surface area contributed by atoms with E-state index in [1.165, 1.54) is 16.9 Å². The maximum Gasteiger partial charge on any atom is 0.328 e. The van der Waals surface area contributed by atoms with Crippen LogP contribution in [0.2, 0.25) is 5.02 Å². The van der Waals surface area contributed by atoms with Crippen molar-refractivity contribution in [3.8, 4) is 10.4 Å². The van der Waals surface area contributed by atoms with Crippen LogP contribution in [0.1, 0.15) is 36.8 Å². The molecule has 172 valence electrons. The van der Waals surface area contributed by atoms with Crippen LogP contribution in [0.25, 0.3) is 10.4 Å². The van der Waals surface area contributed by atoms with E-state index < -0.39 is 21.5 Å². The molecule has 0 aliphatic heterocycles. The van der Waals surface area contributed by atoms with Gasteiger partial charge in [0.1, 0.15) is 9.75 Å². The molecule has 1 saturated carbocycles. The summed E-state index contributed by atoms with van der Waals surface area (Å²) < 4.78 is 35.4. The van der Waals surface area contributed by atoms with E-state index in [0.29, 0.717) is 5.02 Å². The Morgan fingerprint density at radius 3 is 2.67 bits per heavy atom. The first-order valence-electron chi connectivity index (χ1n) is 11.0. The van der Waals surface area contributed by atoms with Gasteiger partial charge >= 0.3 is 5.97 Å². The Morgan fingerprint density at radius 2 is 1.91 bits per heavy atom. The van der Waals surface area contributed by atoms with Gasteiger partial charge in [-0.1, -0.05) is 48.0 Å². The molecule has 3 atom stereocenters. The second-order valence-electron chi connectivity index (χ2n) is 8.50. The van der Waals surface area contributed by atoms with Gasteiger partial charge in [-0.25, -0.2) is 13.2 Å². The van der Waals surface area contributed by atoms with Gasteiger partial charge in [-0.05, 0) is 73.1 Å². The Morgan fingerprint density at radius 1 is 1.15 bits per heavy atom. The summed E-state index contributed by atoms with van der Waals surface area (Å²) >= 11 is 7.14. The van der Waals surface area contributed by atoms with Crippen molar-refractivity contribution in [2.75, 3.05) is 6.61 Å². The van der Waals surface area contributed by atoms with E-state index in [2.05, 4.69) is 10.8 Å². The Hall–Kier alpha value is -2.19. The molecule has 5 nitrogen and oxygen atoms in total. The highest BCUT2D eigenvalue weighted by molar-refractivity contribution is 7.91. The van der Waals surface area contributed by atoms with Gasteiger partial charge in [-0.2, -0.15) is 4.72 Å². The first kappa shape index (κ1) is 22.6. The summed E-state index contributed by atoms with van der Waals surface area (Å²) in [6, 6.07) is 18.6. The second-order valence-corrected chi connectivity index (χ2v) is 11.9. The number of ether oxygens (including phenoxy) is 1. The van der Waals surface area contributed by atoms with Crippen molar-refractivity contribution < 1.29 is 17.9 Å². The van der Waals surface area contributed by atoms with Crippen LogP contribution < -0.4 is 4.72 Å². The highest BCUT2D eigenvalue weighted by atomic mass is 35.5. The number of carbonyl (C=O) groups is 1. The molecule has 33 heavy (non-hydrogen) atoms. The van der Waals surface area contributed by atoms with Gasteiger partial charge < -0.3 is 4.74 Å². The molecule has 3 aromatic rings. The van der Waals surface area contributed by atoms with Gasteiger partial charge in [0.05, 0.1) is 6.61 Å². The Bertz CT molecular complexity index is 1300. The maximum atomic E-state index is 13.5. The number of esters is 1. The average molecular weight is 502 g/mol. The number of thiophene rings is 1. The van der Waals surface area contributed by atoms with Crippen molar-refractivity contribution >= 4 is 38.9 Å². The molecular weight excluding hydrogens is 478 g/mol. The van der Waals surface area contributed by atoms with Crippen LogP contribution in [-0.4, -0.2) is 26.5 Å². The lowest BCUT2D eigenvalue weighted by Crippen LogP contribution is -2.47. The van der Waals surface area contributed by atoms with E-state index in [1.54, 1.807) is 31.2 Å². The number of hydrogen-bond donors (Lipinski definition) is 1. The molecule has 0 bridgehead atoms. The predicted octanol–water partition coefficient (Wildman–Crippen LogP) is 5.40. The molecule has 0 radical (unpaired) electrons. The fraction of sp³-hybridized carbons (Fsp3) is 0.320. The average Bonchev–Trinajstić information content (AvgIpc) is 3.19. The van der Waals surface area contributed by atoms with E-state index in [4.69, 9.17) is 16.3 Å². The number of benzene rings is 2. The molecule has 0 unspecified atom stereocenters. The molecule has 5 rings (SSSR count). The lowest BCUT2D eigenvalue weighted by Gasteiger charge is -2.20. The minimum Gasteiger partial charge on any atom is -0.465 e. The van der Waals surface area contributed by atoms with Crippen LogP contribution in [0.4, 0.5) is 0 Å². The van der Waals surface area contributed by atoms with Crippen molar-refractivity contribution in [1.82, 2.24) is 4.72 Å². The van der Waals surface area contributed by atoms with E-state index in [9.17, 15) is 13.2 Å². The number of halogens is 1. The number of nitrogens with one attached hydrogen (secondary N) is 1. The molecular formula is C25H24ClNO4S2. The predicted molar refractivity (Wildman–Crippen MR) is 130 cm³/mol. The zero-order valence-electron chi connectivity index (χ0n) is 18.1. The number of carbonyl (C=O) groups excluding carboxylic acids is 1. The number of sulfonamides is 1. The third kappa shape index (κ3) is 3.91. The summed E-state index contributed by atoms with van der Waals surface area (Å²) in [5, 5.41) is 0.619. The molecule has 1 N–H and O–H groups in total. The number of hydrogen-bond acceptors (Lipinski definition) is 5. The van der Waals surface area contributed by atoms with Crippen molar-refractivity contribution in [1.29, 1.82) is 0 Å². The number of fused-ring (bicyclic) bond motifs is 3. The van der Waals surface area contributed by atoms with Gasteiger partial charge in [0, 0.05) is 15.8 Å². The van der Waals surface area contributed by atoms with Crippen LogP contribution in [-0.2, 0) is 26.0 Å². The summed E-state index contributed by atoms with van der Waals surface area (Å²) in [4.78, 5) is 14.0. The van der Waals surface area contributed by atoms with Crippen molar-refractivity contribution in [2.24, 2.45) is 5.92 Å². The summed E-state index contributed by atoms with van der Waals surface area (Å²) in [5.74, 6) is -0.832. The van der Waals surface area contributed by atoms with Crippen molar-refractivity contribution in [3.63, 3.8) is 0 Å². The summed E-state index contributed by atoms with van der Waals surface area (Å²) in [6.07, 6.45) is 2.60. The summed E-state index contributed by atoms with van der Waals surface area (Å²) in [5.41, 5.74) is 1.84.